The van der Waals surface area contributed by atoms with Crippen molar-refractivity contribution in [3.8, 4) is 0 Å². The van der Waals surface area contributed by atoms with Gasteiger partial charge in [-0.15, -0.1) is 0 Å². The molecule has 0 radical (unpaired) electrons. The van der Waals surface area contributed by atoms with Gasteiger partial charge in [0.25, 0.3) is 10.1 Å². The van der Waals surface area contributed by atoms with E-state index in [0.717, 1.165) is 0 Å². The van der Waals surface area contributed by atoms with Gasteiger partial charge in [-0.3, -0.25) is 9.35 Å². The lowest BCUT2D eigenvalue weighted by Gasteiger charge is -2.28. The Morgan fingerprint density at radius 2 is 1.94 bits per heavy atom. The second kappa shape index (κ2) is 5.60. The van der Waals surface area contributed by atoms with E-state index in [4.69, 9.17) is 10.3 Å². The van der Waals surface area contributed by atoms with E-state index in [1.54, 1.807) is 0 Å². The zero-order valence-electron chi connectivity index (χ0n) is 9.86. The molecule has 0 saturated heterocycles. The molecular formula is C9H20N2O4S. The molecule has 0 aromatic rings. The summed E-state index contributed by atoms with van der Waals surface area (Å²) in [4.78, 5) is 11.1. The van der Waals surface area contributed by atoms with Crippen molar-refractivity contribution in [2.24, 2.45) is 11.1 Å². The number of hydrogen-bond acceptors (Lipinski definition) is 4. The van der Waals surface area contributed by atoms with Crippen LogP contribution in [0.1, 0.15) is 27.2 Å². The van der Waals surface area contributed by atoms with Crippen LogP contribution in [-0.2, 0) is 14.9 Å². The highest BCUT2D eigenvalue weighted by Gasteiger charge is 2.28. The van der Waals surface area contributed by atoms with Crippen LogP contribution >= 0.6 is 0 Å². The number of nitrogens with two attached hydrogens (primary N) is 1. The minimum absolute atomic E-state index is 0.235. The predicted octanol–water partition coefficient (Wildman–Crippen LogP) is -0.246. The van der Waals surface area contributed by atoms with Crippen LogP contribution in [0.25, 0.3) is 0 Å². The summed E-state index contributed by atoms with van der Waals surface area (Å²) >= 11 is 0. The molecule has 0 heterocycles. The van der Waals surface area contributed by atoms with Gasteiger partial charge in [0.1, 0.15) is 0 Å². The first-order chi connectivity index (χ1) is 7.04. The van der Waals surface area contributed by atoms with Gasteiger partial charge in [0.2, 0.25) is 5.91 Å². The van der Waals surface area contributed by atoms with Gasteiger partial charge in [-0.05, 0) is 18.4 Å². The Kier molecular flexibility index (Phi) is 5.37. The summed E-state index contributed by atoms with van der Waals surface area (Å²) < 4.78 is 29.4. The molecule has 0 aliphatic rings. The third-order valence-electron chi connectivity index (χ3n) is 2.08. The van der Waals surface area contributed by atoms with Gasteiger partial charge in [-0.2, -0.15) is 8.42 Å². The van der Waals surface area contributed by atoms with E-state index < -0.39 is 22.1 Å². The maximum Gasteiger partial charge on any atom is 0.264 e. The molecule has 0 fully saturated rings. The van der Waals surface area contributed by atoms with E-state index >= 15 is 0 Å². The summed E-state index contributed by atoms with van der Waals surface area (Å²) in [6.45, 7) is 5.89. The van der Waals surface area contributed by atoms with E-state index in [9.17, 15) is 13.2 Å². The zero-order valence-corrected chi connectivity index (χ0v) is 10.7. The van der Waals surface area contributed by atoms with Crippen LogP contribution in [-0.4, -0.2) is 37.2 Å². The summed E-state index contributed by atoms with van der Waals surface area (Å²) in [5, 5.41) is 2.88. The Morgan fingerprint density at radius 3 is 2.25 bits per heavy atom. The Hall–Kier alpha value is -0.660. The standard InChI is InChI=1S/C9H20N2O4S/c1-9(2,3)7(8(10)12)11-5-4-6-16(13,14)15/h7,11H,4-6H2,1-3H3,(H2,10,12)(H,13,14,15)/t7-/m1/s1. The molecule has 7 heteroatoms. The molecule has 0 saturated carbocycles. The van der Waals surface area contributed by atoms with Crippen LogP contribution in [0.5, 0.6) is 0 Å². The highest BCUT2D eigenvalue weighted by Crippen LogP contribution is 2.18. The monoisotopic (exact) mass is 252 g/mol. The number of carbonyl (C=O) groups excluding carboxylic acids is 1. The van der Waals surface area contributed by atoms with Gasteiger partial charge in [0.15, 0.2) is 0 Å². The minimum atomic E-state index is -3.93. The fourth-order valence-electron chi connectivity index (χ4n) is 1.33. The first kappa shape index (κ1) is 15.3. The second-order valence-corrected chi connectivity index (χ2v) is 6.37. The van der Waals surface area contributed by atoms with Crippen molar-refractivity contribution in [1.82, 2.24) is 5.32 Å². The molecule has 0 rings (SSSR count). The molecule has 0 aromatic carbocycles. The maximum atomic E-state index is 11.1. The van der Waals surface area contributed by atoms with E-state index in [0.29, 0.717) is 6.54 Å². The van der Waals surface area contributed by atoms with Gasteiger partial charge in [-0.25, -0.2) is 0 Å². The predicted molar refractivity (Wildman–Crippen MR) is 61.5 cm³/mol. The SMILES string of the molecule is CC(C)(C)[C@H](NCCCS(=O)(=O)O)C(N)=O. The van der Waals surface area contributed by atoms with E-state index in [2.05, 4.69) is 5.32 Å². The molecule has 0 bridgehead atoms. The average Bonchev–Trinajstić information content (AvgIpc) is 1.97. The van der Waals surface area contributed by atoms with Crippen molar-refractivity contribution in [1.29, 1.82) is 0 Å². The summed E-state index contributed by atoms with van der Waals surface area (Å²) in [6, 6.07) is -0.520. The summed E-state index contributed by atoms with van der Waals surface area (Å²) in [7, 11) is -3.93. The molecule has 0 unspecified atom stereocenters. The molecule has 96 valence electrons. The Bertz CT molecular complexity index is 332. The van der Waals surface area contributed by atoms with Crippen molar-refractivity contribution < 1.29 is 17.8 Å². The van der Waals surface area contributed by atoms with Crippen molar-refractivity contribution in [2.45, 2.75) is 33.2 Å². The molecule has 6 nitrogen and oxygen atoms in total. The molecule has 4 N–H and O–H groups in total. The van der Waals surface area contributed by atoms with Crippen molar-refractivity contribution in [2.75, 3.05) is 12.3 Å². The lowest BCUT2D eigenvalue weighted by atomic mass is 9.86. The third kappa shape index (κ3) is 6.76. The van der Waals surface area contributed by atoms with Crippen LogP contribution in [0, 0.1) is 5.41 Å². The number of amides is 1. The van der Waals surface area contributed by atoms with E-state index in [-0.39, 0.29) is 17.6 Å². The topological polar surface area (TPSA) is 109 Å². The highest BCUT2D eigenvalue weighted by molar-refractivity contribution is 7.85. The summed E-state index contributed by atoms with van der Waals surface area (Å²) in [5.41, 5.74) is 4.89. The molecule has 0 aromatic heterocycles. The van der Waals surface area contributed by atoms with Crippen molar-refractivity contribution >= 4 is 16.0 Å². The van der Waals surface area contributed by atoms with Gasteiger partial charge < -0.3 is 11.1 Å². The zero-order chi connectivity index (χ0) is 13.0. The molecule has 0 aliphatic heterocycles. The second-order valence-electron chi connectivity index (χ2n) is 4.80. The van der Waals surface area contributed by atoms with Crippen molar-refractivity contribution in [3.63, 3.8) is 0 Å². The highest BCUT2D eigenvalue weighted by atomic mass is 32.2. The number of carbonyl (C=O) groups is 1. The molecule has 0 spiro atoms. The first-order valence-electron chi connectivity index (χ1n) is 5.02. The average molecular weight is 252 g/mol. The normalized spacial score (nSPS) is 14.8. The minimum Gasteiger partial charge on any atom is -0.368 e. The Balaban J connectivity index is 4.12. The first-order valence-corrected chi connectivity index (χ1v) is 6.63. The number of primary amides is 1. The largest absolute Gasteiger partial charge is 0.368 e. The number of rotatable bonds is 6. The number of hydrogen-bond donors (Lipinski definition) is 3. The van der Waals surface area contributed by atoms with Crippen LogP contribution < -0.4 is 11.1 Å². The fraction of sp³-hybridized carbons (Fsp3) is 0.889. The smallest absolute Gasteiger partial charge is 0.264 e. The third-order valence-corrected chi connectivity index (χ3v) is 2.88. The quantitative estimate of drug-likeness (QED) is 0.446. The van der Waals surface area contributed by atoms with Crippen LogP contribution in [0.4, 0.5) is 0 Å². The molecule has 16 heavy (non-hydrogen) atoms. The molecule has 1 atom stereocenters. The summed E-state index contributed by atoms with van der Waals surface area (Å²) in [5.74, 6) is -0.797. The Labute approximate surface area is 96.3 Å². The van der Waals surface area contributed by atoms with Gasteiger partial charge in [0.05, 0.1) is 11.8 Å². The number of nitrogens with one attached hydrogen (secondary N) is 1. The van der Waals surface area contributed by atoms with Gasteiger partial charge >= 0.3 is 0 Å². The van der Waals surface area contributed by atoms with Crippen LogP contribution in [0.3, 0.4) is 0 Å². The fourth-order valence-corrected chi connectivity index (χ4v) is 1.84. The van der Waals surface area contributed by atoms with E-state index in [1.807, 2.05) is 20.8 Å². The lowest BCUT2D eigenvalue weighted by molar-refractivity contribution is -0.122. The van der Waals surface area contributed by atoms with Crippen molar-refractivity contribution in [3.05, 3.63) is 0 Å². The van der Waals surface area contributed by atoms with Gasteiger partial charge in [-0.1, -0.05) is 20.8 Å². The molecule has 0 aliphatic carbocycles. The van der Waals surface area contributed by atoms with Crippen LogP contribution in [0.15, 0.2) is 0 Å². The molecular weight excluding hydrogens is 232 g/mol. The summed E-state index contributed by atoms with van der Waals surface area (Å²) in [6.07, 6.45) is 0.235. The van der Waals surface area contributed by atoms with Crippen LogP contribution in [0.2, 0.25) is 0 Å². The van der Waals surface area contributed by atoms with E-state index in [1.165, 1.54) is 0 Å². The lowest BCUT2D eigenvalue weighted by Crippen LogP contribution is -2.50. The Morgan fingerprint density at radius 1 is 1.44 bits per heavy atom. The van der Waals surface area contributed by atoms with Gasteiger partial charge in [0, 0.05) is 0 Å². The maximum absolute atomic E-state index is 11.1. The molecule has 1 amide bonds.